The highest BCUT2D eigenvalue weighted by atomic mass is 16.2. The fourth-order valence-corrected chi connectivity index (χ4v) is 2.42. The smallest absolute Gasteiger partial charge is 0.258 e. The van der Waals surface area contributed by atoms with Crippen LogP contribution in [-0.4, -0.2) is 13.0 Å². The molecule has 0 fully saturated rings. The summed E-state index contributed by atoms with van der Waals surface area (Å²) in [5.74, 6) is -0.0487. The van der Waals surface area contributed by atoms with Crippen LogP contribution in [0.2, 0.25) is 0 Å². The molecule has 0 aliphatic rings. The number of hydrogen-bond donors (Lipinski definition) is 1. The Hall–Kier alpha value is -2.29. The zero-order valence-corrected chi connectivity index (χ0v) is 12.4. The van der Waals surface area contributed by atoms with Crippen molar-refractivity contribution in [2.45, 2.75) is 20.8 Å². The molecule has 0 aliphatic carbocycles. The molecule has 0 bridgehead atoms. The maximum absolute atomic E-state index is 12.6. The largest absolute Gasteiger partial charge is 0.399 e. The van der Waals surface area contributed by atoms with Crippen molar-refractivity contribution < 1.29 is 4.79 Å². The third kappa shape index (κ3) is 2.82. The Morgan fingerprint density at radius 2 is 1.70 bits per heavy atom. The molecule has 2 rings (SSSR count). The number of benzene rings is 2. The fourth-order valence-electron chi connectivity index (χ4n) is 2.42. The number of hydrogen-bond acceptors (Lipinski definition) is 2. The van der Waals surface area contributed by atoms with E-state index in [1.807, 2.05) is 45.0 Å². The molecule has 2 aromatic rings. The van der Waals surface area contributed by atoms with Crippen molar-refractivity contribution in [1.29, 1.82) is 0 Å². The highest BCUT2D eigenvalue weighted by Crippen LogP contribution is 2.22. The minimum Gasteiger partial charge on any atom is -0.399 e. The molecule has 1 amide bonds. The van der Waals surface area contributed by atoms with Crippen LogP contribution in [0.25, 0.3) is 0 Å². The number of amides is 1. The minimum atomic E-state index is -0.0487. The molecule has 0 unspecified atom stereocenters. The first-order chi connectivity index (χ1) is 9.38. The van der Waals surface area contributed by atoms with Gasteiger partial charge in [-0.2, -0.15) is 0 Å². The van der Waals surface area contributed by atoms with E-state index in [0.717, 1.165) is 16.8 Å². The van der Waals surface area contributed by atoms with Gasteiger partial charge in [0.05, 0.1) is 0 Å². The molecule has 2 aromatic carbocycles. The van der Waals surface area contributed by atoms with E-state index < -0.39 is 0 Å². The summed E-state index contributed by atoms with van der Waals surface area (Å²) in [4.78, 5) is 14.2. The topological polar surface area (TPSA) is 46.3 Å². The Morgan fingerprint density at radius 3 is 2.30 bits per heavy atom. The molecule has 0 aliphatic heterocycles. The van der Waals surface area contributed by atoms with Crippen LogP contribution in [-0.2, 0) is 0 Å². The SMILES string of the molecule is Cc1cc(N)cc(C(=O)N(C)c2ccc(C)cc2C)c1. The second kappa shape index (κ2) is 5.37. The molecule has 2 N–H and O–H groups in total. The van der Waals surface area contributed by atoms with E-state index in [-0.39, 0.29) is 5.91 Å². The number of carbonyl (C=O) groups is 1. The van der Waals surface area contributed by atoms with Gasteiger partial charge in [-0.3, -0.25) is 4.79 Å². The summed E-state index contributed by atoms with van der Waals surface area (Å²) in [6.07, 6.45) is 0. The second-order valence-corrected chi connectivity index (χ2v) is 5.29. The Bertz CT molecular complexity index is 642. The molecule has 0 saturated heterocycles. The number of nitrogens with zero attached hydrogens (tertiary/aromatic N) is 1. The van der Waals surface area contributed by atoms with Crippen molar-refractivity contribution >= 4 is 17.3 Å². The van der Waals surface area contributed by atoms with E-state index in [0.29, 0.717) is 11.3 Å². The molecule has 0 spiro atoms. The normalized spacial score (nSPS) is 10.4. The van der Waals surface area contributed by atoms with Crippen LogP contribution in [0, 0.1) is 20.8 Å². The summed E-state index contributed by atoms with van der Waals surface area (Å²) in [6.45, 7) is 5.99. The minimum absolute atomic E-state index is 0.0487. The van der Waals surface area contributed by atoms with Gasteiger partial charge in [-0.1, -0.05) is 17.7 Å². The zero-order chi connectivity index (χ0) is 14.9. The number of nitrogens with two attached hydrogens (primary N) is 1. The maximum Gasteiger partial charge on any atom is 0.258 e. The van der Waals surface area contributed by atoms with Gasteiger partial charge in [-0.25, -0.2) is 0 Å². The first kappa shape index (κ1) is 14.1. The van der Waals surface area contributed by atoms with Crippen LogP contribution in [0.3, 0.4) is 0 Å². The number of carbonyl (C=O) groups excluding carboxylic acids is 1. The predicted molar refractivity (Wildman–Crippen MR) is 84.2 cm³/mol. The molecular weight excluding hydrogens is 248 g/mol. The molecule has 0 heterocycles. The van der Waals surface area contributed by atoms with E-state index in [9.17, 15) is 4.79 Å². The molecule has 20 heavy (non-hydrogen) atoms. The molecule has 3 heteroatoms. The lowest BCUT2D eigenvalue weighted by atomic mass is 10.1. The maximum atomic E-state index is 12.6. The Balaban J connectivity index is 2.37. The van der Waals surface area contributed by atoms with Crippen molar-refractivity contribution in [3.8, 4) is 0 Å². The van der Waals surface area contributed by atoms with E-state index in [1.54, 1.807) is 18.0 Å². The first-order valence-corrected chi connectivity index (χ1v) is 6.61. The quantitative estimate of drug-likeness (QED) is 0.848. The van der Waals surface area contributed by atoms with Crippen LogP contribution < -0.4 is 10.6 Å². The van der Waals surface area contributed by atoms with Crippen LogP contribution in [0.15, 0.2) is 36.4 Å². The van der Waals surface area contributed by atoms with Crippen LogP contribution in [0.4, 0.5) is 11.4 Å². The van der Waals surface area contributed by atoms with Crippen LogP contribution in [0.1, 0.15) is 27.0 Å². The average molecular weight is 268 g/mol. The standard InChI is InChI=1S/C17H20N2O/c1-11-5-6-16(13(3)7-11)19(4)17(20)14-8-12(2)9-15(18)10-14/h5-10H,18H2,1-4H3. The molecular formula is C17H20N2O. The summed E-state index contributed by atoms with van der Waals surface area (Å²) in [5.41, 5.74) is 11.2. The highest BCUT2D eigenvalue weighted by Gasteiger charge is 2.15. The van der Waals surface area contributed by atoms with Gasteiger partial charge in [0.2, 0.25) is 0 Å². The first-order valence-electron chi connectivity index (χ1n) is 6.61. The van der Waals surface area contributed by atoms with Gasteiger partial charge in [-0.15, -0.1) is 0 Å². The third-order valence-electron chi connectivity index (χ3n) is 3.36. The van der Waals surface area contributed by atoms with Crippen molar-refractivity contribution in [2.24, 2.45) is 0 Å². The Morgan fingerprint density at radius 1 is 1.00 bits per heavy atom. The molecule has 3 nitrogen and oxygen atoms in total. The lowest BCUT2D eigenvalue weighted by molar-refractivity contribution is 0.0993. The van der Waals surface area contributed by atoms with E-state index in [4.69, 9.17) is 5.73 Å². The van der Waals surface area contributed by atoms with Crippen molar-refractivity contribution in [3.63, 3.8) is 0 Å². The van der Waals surface area contributed by atoms with Gasteiger partial charge in [0.1, 0.15) is 0 Å². The Kier molecular flexibility index (Phi) is 3.79. The fraction of sp³-hybridized carbons (Fsp3) is 0.235. The monoisotopic (exact) mass is 268 g/mol. The summed E-state index contributed by atoms with van der Waals surface area (Å²) in [7, 11) is 1.79. The van der Waals surface area contributed by atoms with Gasteiger partial charge in [-0.05, 0) is 56.2 Å². The highest BCUT2D eigenvalue weighted by molar-refractivity contribution is 6.06. The molecule has 104 valence electrons. The molecule has 0 aromatic heterocycles. The van der Waals surface area contributed by atoms with Gasteiger partial charge in [0, 0.05) is 24.0 Å². The van der Waals surface area contributed by atoms with Crippen LogP contribution >= 0.6 is 0 Å². The zero-order valence-electron chi connectivity index (χ0n) is 12.4. The number of nitrogen functional groups attached to an aromatic ring is 1. The van der Waals surface area contributed by atoms with E-state index in [1.165, 1.54) is 5.56 Å². The summed E-state index contributed by atoms with van der Waals surface area (Å²) in [6, 6.07) is 11.5. The van der Waals surface area contributed by atoms with Gasteiger partial charge in [0.25, 0.3) is 5.91 Å². The predicted octanol–water partition coefficient (Wildman–Crippen LogP) is 3.47. The Labute approximate surface area is 120 Å². The van der Waals surface area contributed by atoms with E-state index in [2.05, 4.69) is 6.07 Å². The number of anilines is 2. The van der Waals surface area contributed by atoms with Gasteiger partial charge >= 0.3 is 0 Å². The van der Waals surface area contributed by atoms with E-state index >= 15 is 0 Å². The van der Waals surface area contributed by atoms with Gasteiger partial charge in [0.15, 0.2) is 0 Å². The van der Waals surface area contributed by atoms with Crippen molar-refractivity contribution in [1.82, 2.24) is 0 Å². The lowest BCUT2D eigenvalue weighted by Crippen LogP contribution is -2.27. The van der Waals surface area contributed by atoms with Crippen LogP contribution in [0.5, 0.6) is 0 Å². The average Bonchev–Trinajstić information content (AvgIpc) is 2.36. The molecule has 0 radical (unpaired) electrons. The van der Waals surface area contributed by atoms with Crippen molar-refractivity contribution in [3.05, 3.63) is 58.7 Å². The lowest BCUT2D eigenvalue weighted by Gasteiger charge is -2.20. The molecule has 0 saturated carbocycles. The van der Waals surface area contributed by atoms with Crippen molar-refractivity contribution in [2.75, 3.05) is 17.7 Å². The number of rotatable bonds is 2. The molecule has 0 atom stereocenters. The summed E-state index contributed by atoms with van der Waals surface area (Å²) >= 11 is 0. The summed E-state index contributed by atoms with van der Waals surface area (Å²) < 4.78 is 0. The summed E-state index contributed by atoms with van der Waals surface area (Å²) in [5, 5.41) is 0. The third-order valence-corrected chi connectivity index (χ3v) is 3.36. The second-order valence-electron chi connectivity index (χ2n) is 5.29. The van der Waals surface area contributed by atoms with Gasteiger partial charge < -0.3 is 10.6 Å². The number of aryl methyl sites for hydroxylation is 3.